The maximum atomic E-state index is 11.4. The number of carbonyl (C=O) groups is 1. The van der Waals surface area contributed by atoms with Crippen molar-refractivity contribution in [1.29, 1.82) is 0 Å². The lowest BCUT2D eigenvalue weighted by Gasteiger charge is -2.30. The van der Waals surface area contributed by atoms with Gasteiger partial charge in [-0.05, 0) is 6.92 Å². The van der Waals surface area contributed by atoms with Crippen molar-refractivity contribution < 1.29 is 4.79 Å². The first-order valence-corrected chi connectivity index (χ1v) is 4.27. The summed E-state index contributed by atoms with van der Waals surface area (Å²) in [5.41, 5.74) is 0. The maximum Gasteiger partial charge on any atom is 0.334 e. The lowest BCUT2D eigenvalue weighted by atomic mass is 10.4. The molecule has 1 rings (SSSR count). The number of nitrogens with one attached hydrogen (secondary N) is 1. The van der Waals surface area contributed by atoms with Crippen LogP contribution in [0.4, 0.5) is 4.79 Å². The van der Waals surface area contributed by atoms with Gasteiger partial charge in [0, 0.05) is 32.7 Å². The molecule has 0 aromatic rings. The summed E-state index contributed by atoms with van der Waals surface area (Å²) in [5, 5.41) is 4.41. The van der Waals surface area contributed by atoms with E-state index >= 15 is 0 Å². The molecule has 1 aliphatic rings. The van der Waals surface area contributed by atoms with E-state index in [0.29, 0.717) is 6.54 Å². The molecule has 2 amide bonds. The van der Waals surface area contributed by atoms with Crippen LogP contribution in [-0.4, -0.2) is 48.7 Å². The zero-order valence-corrected chi connectivity index (χ0v) is 7.42. The molecule has 0 bridgehead atoms. The molecule has 1 fully saturated rings. The van der Waals surface area contributed by atoms with E-state index in [-0.39, 0.29) is 6.03 Å². The van der Waals surface area contributed by atoms with E-state index in [1.807, 2.05) is 6.92 Å². The molecule has 0 aromatic carbocycles. The van der Waals surface area contributed by atoms with Gasteiger partial charge in [0.05, 0.1) is 0 Å². The topological polar surface area (TPSA) is 61.6 Å². The van der Waals surface area contributed by atoms with Gasteiger partial charge in [0.1, 0.15) is 0 Å². The van der Waals surface area contributed by atoms with E-state index in [4.69, 9.17) is 5.84 Å². The van der Waals surface area contributed by atoms with Gasteiger partial charge in [-0.2, -0.15) is 0 Å². The van der Waals surface area contributed by atoms with Crippen LogP contribution in [0.5, 0.6) is 0 Å². The number of hydrogen-bond acceptors (Lipinski definition) is 3. The summed E-state index contributed by atoms with van der Waals surface area (Å²) < 4.78 is 0. The number of carbonyl (C=O) groups excluding carboxylic acids is 1. The van der Waals surface area contributed by atoms with Crippen molar-refractivity contribution in [3.63, 3.8) is 0 Å². The summed E-state index contributed by atoms with van der Waals surface area (Å²) >= 11 is 0. The molecule has 0 radical (unpaired) electrons. The summed E-state index contributed by atoms with van der Waals surface area (Å²) in [6.45, 7) is 5.66. The van der Waals surface area contributed by atoms with Gasteiger partial charge < -0.3 is 10.2 Å². The molecule has 0 unspecified atom stereocenters. The minimum absolute atomic E-state index is 0.0704. The SMILES string of the molecule is CCN(N)C(=O)N1CCNCC1. The van der Waals surface area contributed by atoms with E-state index in [1.54, 1.807) is 4.90 Å². The number of nitrogens with zero attached hydrogens (tertiary/aromatic N) is 2. The molecule has 0 spiro atoms. The largest absolute Gasteiger partial charge is 0.334 e. The van der Waals surface area contributed by atoms with Gasteiger partial charge >= 0.3 is 6.03 Å². The molecule has 5 nitrogen and oxygen atoms in total. The molecule has 1 aliphatic heterocycles. The maximum absolute atomic E-state index is 11.4. The zero-order chi connectivity index (χ0) is 8.97. The van der Waals surface area contributed by atoms with Crippen molar-refractivity contribution >= 4 is 6.03 Å². The summed E-state index contributed by atoms with van der Waals surface area (Å²) in [7, 11) is 0. The number of nitrogens with two attached hydrogens (primary N) is 1. The Kier molecular flexibility index (Phi) is 3.31. The third-order valence-electron chi connectivity index (χ3n) is 1.97. The Morgan fingerprint density at radius 3 is 2.67 bits per heavy atom. The molecule has 0 aliphatic carbocycles. The second kappa shape index (κ2) is 4.27. The van der Waals surface area contributed by atoms with Gasteiger partial charge in [0.15, 0.2) is 0 Å². The van der Waals surface area contributed by atoms with Crippen LogP contribution in [0.15, 0.2) is 0 Å². The molecule has 0 aromatic heterocycles. The lowest BCUT2D eigenvalue weighted by Crippen LogP contribution is -2.53. The van der Waals surface area contributed by atoms with Crippen LogP contribution in [0.1, 0.15) is 6.92 Å². The third-order valence-corrected chi connectivity index (χ3v) is 1.97. The number of amides is 2. The molecule has 1 saturated heterocycles. The quantitative estimate of drug-likeness (QED) is 0.309. The minimum Gasteiger partial charge on any atom is -0.321 e. The molecule has 5 heteroatoms. The fraction of sp³-hybridized carbons (Fsp3) is 0.857. The zero-order valence-electron chi connectivity index (χ0n) is 7.42. The van der Waals surface area contributed by atoms with Crippen molar-refractivity contribution in [2.75, 3.05) is 32.7 Å². The Hall–Kier alpha value is -0.810. The molecule has 0 saturated carbocycles. The van der Waals surface area contributed by atoms with Gasteiger partial charge in [0.25, 0.3) is 0 Å². The molecule has 0 atom stereocenters. The van der Waals surface area contributed by atoms with E-state index in [1.165, 1.54) is 5.01 Å². The Morgan fingerprint density at radius 1 is 1.58 bits per heavy atom. The van der Waals surface area contributed by atoms with Crippen molar-refractivity contribution in [3.05, 3.63) is 0 Å². The third kappa shape index (κ3) is 2.09. The van der Waals surface area contributed by atoms with Gasteiger partial charge in [-0.25, -0.2) is 10.6 Å². The normalized spacial score (nSPS) is 17.7. The molecular weight excluding hydrogens is 156 g/mol. The van der Waals surface area contributed by atoms with E-state index in [2.05, 4.69) is 5.32 Å². The van der Waals surface area contributed by atoms with Gasteiger partial charge in [-0.1, -0.05) is 0 Å². The van der Waals surface area contributed by atoms with Gasteiger partial charge in [-0.3, -0.25) is 5.01 Å². The fourth-order valence-electron chi connectivity index (χ4n) is 1.17. The van der Waals surface area contributed by atoms with Crippen molar-refractivity contribution in [2.45, 2.75) is 6.92 Å². The predicted molar refractivity (Wildman–Crippen MR) is 46.4 cm³/mol. The standard InChI is InChI=1S/C7H16N4O/c1-2-11(8)7(12)10-5-3-9-4-6-10/h9H,2-6,8H2,1H3. The van der Waals surface area contributed by atoms with E-state index < -0.39 is 0 Å². The Balaban J connectivity index is 2.39. The Morgan fingerprint density at radius 2 is 2.17 bits per heavy atom. The summed E-state index contributed by atoms with van der Waals surface area (Å²) in [4.78, 5) is 13.2. The lowest BCUT2D eigenvalue weighted by molar-refractivity contribution is 0.149. The van der Waals surface area contributed by atoms with Crippen LogP contribution < -0.4 is 11.2 Å². The smallest absolute Gasteiger partial charge is 0.321 e. The minimum atomic E-state index is -0.0704. The van der Waals surface area contributed by atoms with Crippen LogP contribution in [0, 0.1) is 0 Å². The highest BCUT2D eigenvalue weighted by Gasteiger charge is 2.18. The highest BCUT2D eigenvalue weighted by Crippen LogP contribution is 1.96. The second-order valence-corrected chi connectivity index (χ2v) is 2.81. The van der Waals surface area contributed by atoms with Crippen LogP contribution in [0.25, 0.3) is 0 Å². The number of rotatable bonds is 1. The summed E-state index contributed by atoms with van der Waals surface area (Å²) in [6.07, 6.45) is 0. The predicted octanol–water partition coefficient (Wildman–Crippen LogP) is -0.793. The van der Waals surface area contributed by atoms with E-state index in [9.17, 15) is 4.79 Å². The second-order valence-electron chi connectivity index (χ2n) is 2.81. The Bertz CT molecular complexity index is 155. The van der Waals surface area contributed by atoms with Crippen LogP contribution in [0.3, 0.4) is 0 Å². The first kappa shape index (κ1) is 9.28. The van der Waals surface area contributed by atoms with Crippen LogP contribution in [0.2, 0.25) is 0 Å². The summed E-state index contributed by atoms with van der Waals surface area (Å²) in [6, 6.07) is -0.0704. The molecule has 12 heavy (non-hydrogen) atoms. The Labute approximate surface area is 72.5 Å². The van der Waals surface area contributed by atoms with Crippen LogP contribution >= 0.6 is 0 Å². The van der Waals surface area contributed by atoms with Crippen molar-refractivity contribution in [3.8, 4) is 0 Å². The van der Waals surface area contributed by atoms with Gasteiger partial charge in [0.2, 0.25) is 0 Å². The number of urea groups is 1. The molecule has 1 heterocycles. The highest BCUT2D eigenvalue weighted by atomic mass is 16.2. The average molecular weight is 172 g/mol. The average Bonchev–Trinajstić information content (AvgIpc) is 2.17. The first-order chi connectivity index (χ1) is 5.75. The highest BCUT2D eigenvalue weighted by molar-refractivity contribution is 5.73. The van der Waals surface area contributed by atoms with E-state index in [0.717, 1.165) is 26.2 Å². The number of hydrazine groups is 1. The number of piperazine rings is 1. The molecule has 70 valence electrons. The van der Waals surface area contributed by atoms with Crippen molar-refractivity contribution in [1.82, 2.24) is 15.2 Å². The monoisotopic (exact) mass is 172 g/mol. The van der Waals surface area contributed by atoms with Gasteiger partial charge in [-0.15, -0.1) is 0 Å². The fourth-order valence-corrected chi connectivity index (χ4v) is 1.17. The molecular formula is C7H16N4O. The molecule has 3 N–H and O–H groups in total. The van der Waals surface area contributed by atoms with Crippen LogP contribution in [-0.2, 0) is 0 Å². The number of hydrogen-bond donors (Lipinski definition) is 2. The first-order valence-electron chi connectivity index (χ1n) is 4.27. The van der Waals surface area contributed by atoms with Crippen molar-refractivity contribution in [2.24, 2.45) is 5.84 Å². The summed E-state index contributed by atoms with van der Waals surface area (Å²) in [5.74, 6) is 5.47.